The Morgan fingerprint density at radius 1 is 0.570 bits per heavy atom. The quantitative estimate of drug-likeness (QED) is 0.0787. The topological polar surface area (TPSA) is 364 Å². The Labute approximate surface area is 547 Å². The number of hydrogen-bond acceptors (Lipinski definition) is 21. The van der Waals surface area contributed by atoms with E-state index in [0.717, 1.165) is 22.0 Å². The molecule has 8 heterocycles. The molecule has 10 aromatic rings. The molecular weight excluding hydrogens is 1290 g/mol. The molecule has 4 aromatic carbocycles. The summed E-state index contributed by atoms with van der Waals surface area (Å²) in [6.45, 7) is 4.97. The number of carbonyl (C=O) groups excluding carboxylic acids is 5. The summed E-state index contributed by atoms with van der Waals surface area (Å²) in [5, 5.41) is 45.5. The number of benzene rings is 4. The van der Waals surface area contributed by atoms with Crippen molar-refractivity contribution < 1.29 is 52.8 Å². The van der Waals surface area contributed by atoms with Crippen LogP contribution in [0.15, 0.2) is 183 Å². The summed E-state index contributed by atoms with van der Waals surface area (Å²) in [6.07, 6.45) is 7.59. The number of hydrogen-bond donors (Lipinski definition) is 4. The van der Waals surface area contributed by atoms with E-state index in [-0.39, 0.29) is 53.1 Å². The number of nitrogens with zero attached hydrogens (tertiary/aromatic N) is 15. The van der Waals surface area contributed by atoms with Gasteiger partial charge in [-0.15, -0.1) is 32.8 Å². The van der Waals surface area contributed by atoms with E-state index in [1.54, 1.807) is 64.6 Å². The van der Waals surface area contributed by atoms with E-state index >= 15 is 0 Å². The van der Waals surface area contributed by atoms with Gasteiger partial charge in [0.1, 0.15) is 24.3 Å². The van der Waals surface area contributed by atoms with Crippen LogP contribution in [0.4, 0.5) is 11.6 Å². The Kier molecular flexibility index (Phi) is 27.4. The van der Waals surface area contributed by atoms with Crippen molar-refractivity contribution >= 4 is 75.6 Å². The Balaban J connectivity index is 0.000000187. The minimum Gasteiger partial charge on any atom is -0.485 e. The standard InChI is InChI=1S/C20H20N6O3.C11H11N3O2.C10H13N3O2.C10H9N3O2.C7H7Br.C4H5N3O2.ClH/c1-13-17(20(28)25(2)18-16(29-13)9-6-10-21-18)23-19(27)15-11-22-26(24-15)12-14-7-4-3-5-8-14;1-16-11(15)10-7-12-14(13-10)8-9-5-3-2-4-6-9;1-6-8(11)10(14)13(2)9-7(15-6)4-3-5-12-9;14-10(15)9-6-11-13(12-9)7-8-4-2-1-3-5-8;8-6-7-4-2-1-3-5-7;1-9-4(8)3-2-5-7-6-3;/h3-11,13,17H,12H2,1-2H3,(H,23,27);2-7H,8H2,1H3;3-6,8H,11H2,1-2H3;1-6H,7H2,(H,14,15);1-5H,6H2;2H,1H3,(H,5,6,7);1H/t13-,17+;;6-,8+;;;;/m1.1..../s1. The summed E-state index contributed by atoms with van der Waals surface area (Å²) >= 11 is 3.36. The molecule has 31 heteroatoms. The van der Waals surface area contributed by atoms with Crippen LogP contribution in [0, 0.1) is 0 Å². The van der Waals surface area contributed by atoms with Crippen molar-refractivity contribution in [3.05, 3.63) is 228 Å². The molecule has 0 saturated carbocycles. The van der Waals surface area contributed by atoms with Crippen molar-refractivity contribution in [2.24, 2.45) is 5.73 Å². The van der Waals surface area contributed by atoms with Crippen molar-refractivity contribution in [2.45, 2.75) is 63.1 Å². The number of nitrogens with one attached hydrogen (secondary N) is 2. The van der Waals surface area contributed by atoms with Gasteiger partial charge in [-0.3, -0.25) is 24.2 Å². The molecule has 2 aliphatic heterocycles. The molecule has 0 spiro atoms. The van der Waals surface area contributed by atoms with Gasteiger partial charge in [0.2, 0.25) is 5.91 Å². The number of halogens is 2. The van der Waals surface area contributed by atoms with Crippen LogP contribution in [0.2, 0.25) is 0 Å². The molecule has 6 aromatic heterocycles. The molecule has 0 unspecified atom stereocenters. The highest BCUT2D eigenvalue weighted by molar-refractivity contribution is 9.08. The number of esters is 2. The molecule has 93 heavy (non-hydrogen) atoms. The predicted molar refractivity (Wildman–Crippen MR) is 344 cm³/mol. The van der Waals surface area contributed by atoms with Crippen molar-refractivity contribution in [3.63, 3.8) is 0 Å². The normalized spacial score (nSPS) is 14.9. The highest BCUT2D eigenvalue weighted by Gasteiger charge is 2.37. The van der Waals surface area contributed by atoms with Crippen LogP contribution in [-0.4, -0.2) is 164 Å². The van der Waals surface area contributed by atoms with E-state index in [9.17, 15) is 28.8 Å². The SMILES string of the molecule is BrCc1ccccc1.COC(=O)c1cn[nH]n1.COC(=O)c1cnn(Cc2ccccc2)n1.C[C@H]1Oc2cccnc2N(C)C(=O)[C@H]1N.C[C@H]1Oc2cccnc2N(C)C(=O)[C@H]1NC(=O)c1cnn(Cc2ccccc2)n1.Cl.O=C(O)c1cnn(Cc2ccccc2)n1. The molecule has 29 nitrogen and oxygen atoms in total. The van der Waals surface area contributed by atoms with Crippen LogP contribution in [0.5, 0.6) is 11.5 Å². The Hall–Kier alpha value is -11.1. The number of carbonyl (C=O) groups is 6. The molecule has 484 valence electrons. The monoisotopic (exact) mass is 1350 g/mol. The number of aromatic amines is 1. The molecule has 0 aliphatic carbocycles. The zero-order valence-corrected chi connectivity index (χ0v) is 53.5. The minimum absolute atomic E-state index is 0. The summed E-state index contributed by atoms with van der Waals surface area (Å²) < 4.78 is 20.3. The van der Waals surface area contributed by atoms with E-state index in [2.05, 4.69) is 98.8 Å². The van der Waals surface area contributed by atoms with Gasteiger partial charge in [0, 0.05) is 31.8 Å². The lowest BCUT2D eigenvalue weighted by Crippen LogP contribution is -2.53. The molecule has 0 saturated heterocycles. The third kappa shape index (κ3) is 21.0. The van der Waals surface area contributed by atoms with Gasteiger partial charge in [-0.1, -0.05) is 137 Å². The van der Waals surface area contributed by atoms with E-state index < -0.39 is 42.0 Å². The maximum atomic E-state index is 12.9. The summed E-state index contributed by atoms with van der Waals surface area (Å²) in [5.41, 5.74) is 10.7. The molecule has 12 rings (SSSR count). The number of carboxylic acid groups (broad SMARTS) is 1. The second-order valence-corrected chi connectivity index (χ2v) is 20.1. The highest BCUT2D eigenvalue weighted by Crippen LogP contribution is 2.31. The number of fused-ring (bicyclic) bond motifs is 2. The molecule has 0 radical (unpaired) electrons. The van der Waals surface area contributed by atoms with Crippen molar-refractivity contribution in [3.8, 4) is 11.5 Å². The molecule has 5 N–H and O–H groups in total. The number of amides is 3. The largest absolute Gasteiger partial charge is 0.485 e. The average molecular weight is 1350 g/mol. The Bertz CT molecular complexity index is 3960. The third-order valence-electron chi connectivity index (χ3n) is 13.0. The number of rotatable bonds is 12. The first-order valence-electron chi connectivity index (χ1n) is 28.0. The van der Waals surface area contributed by atoms with Gasteiger partial charge in [-0.2, -0.15) is 40.0 Å². The summed E-state index contributed by atoms with van der Waals surface area (Å²) in [5.74, 6) is -1.00. The average Bonchev–Trinajstić information content (AvgIpc) is 1.74. The first-order chi connectivity index (χ1) is 44.5. The fraction of sp³-hybridized carbons (Fsp3) is 0.226. The number of aromatic carboxylic acids is 1. The lowest BCUT2D eigenvalue weighted by atomic mass is 10.1. The van der Waals surface area contributed by atoms with Crippen LogP contribution in [0.1, 0.15) is 78.1 Å². The van der Waals surface area contributed by atoms with E-state index in [1.165, 1.54) is 68.8 Å². The second-order valence-electron chi connectivity index (χ2n) is 19.6. The number of nitrogens with two attached hydrogens (primary N) is 1. The first kappa shape index (κ1) is 71.0. The predicted octanol–water partition coefficient (Wildman–Crippen LogP) is 6.15. The van der Waals surface area contributed by atoms with Crippen LogP contribution < -0.4 is 30.3 Å². The minimum atomic E-state index is -1.06. The van der Waals surface area contributed by atoms with E-state index in [1.807, 2.05) is 109 Å². The molecule has 0 bridgehead atoms. The number of pyridine rings is 2. The van der Waals surface area contributed by atoms with Gasteiger partial charge in [-0.25, -0.2) is 24.4 Å². The Morgan fingerprint density at radius 2 is 0.978 bits per heavy atom. The smallest absolute Gasteiger partial charge is 0.360 e. The number of alkyl halides is 1. The molecule has 4 atom stereocenters. The van der Waals surface area contributed by atoms with Crippen LogP contribution >= 0.6 is 28.3 Å². The fourth-order valence-corrected chi connectivity index (χ4v) is 8.54. The number of likely N-dealkylation sites (N-methyl/N-ethyl adjacent to an activating group) is 2. The second kappa shape index (κ2) is 35.9. The van der Waals surface area contributed by atoms with Crippen LogP contribution in [0.3, 0.4) is 0 Å². The maximum absolute atomic E-state index is 12.9. The van der Waals surface area contributed by atoms with Crippen molar-refractivity contribution in [2.75, 3.05) is 38.1 Å². The lowest BCUT2D eigenvalue weighted by Gasteiger charge is -2.23. The van der Waals surface area contributed by atoms with Gasteiger partial charge in [0.15, 0.2) is 45.9 Å². The maximum Gasteiger partial charge on any atom is 0.360 e. The highest BCUT2D eigenvalue weighted by atomic mass is 79.9. The number of methoxy groups -OCH3 is 2. The van der Waals surface area contributed by atoms with Gasteiger partial charge in [0.05, 0.1) is 58.6 Å². The van der Waals surface area contributed by atoms with Gasteiger partial charge in [0.25, 0.3) is 11.8 Å². The summed E-state index contributed by atoms with van der Waals surface area (Å²) in [6, 6.07) is 44.8. The number of carboxylic acids is 1. The van der Waals surface area contributed by atoms with Crippen LogP contribution in [-0.2, 0) is 44.0 Å². The number of anilines is 2. The fourth-order valence-electron chi connectivity index (χ4n) is 8.16. The lowest BCUT2D eigenvalue weighted by molar-refractivity contribution is -0.122. The zero-order chi connectivity index (χ0) is 65.9. The Morgan fingerprint density at radius 3 is 1.40 bits per heavy atom. The molecule has 0 fully saturated rings. The van der Waals surface area contributed by atoms with E-state index in [0.29, 0.717) is 42.8 Å². The zero-order valence-electron chi connectivity index (χ0n) is 51.1. The summed E-state index contributed by atoms with van der Waals surface area (Å²) in [7, 11) is 5.86. The third-order valence-corrected chi connectivity index (χ3v) is 13.6. The van der Waals surface area contributed by atoms with Gasteiger partial charge < -0.3 is 35.1 Å². The molecular formula is C62H66BrClN18O11. The first-order valence-corrected chi connectivity index (χ1v) is 29.1. The van der Waals surface area contributed by atoms with Crippen molar-refractivity contribution in [1.82, 2.24) is 75.7 Å². The molecule has 3 amide bonds. The molecule has 2 aliphatic rings. The number of H-pyrrole nitrogens is 1. The summed E-state index contributed by atoms with van der Waals surface area (Å²) in [4.78, 5) is 85.0. The van der Waals surface area contributed by atoms with Gasteiger partial charge in [-0.05, 0) is 60.4 Å². The number of aromatic nitrogens is 14. The van der Waals surface area contributed by atoms with Gasteiger partial charge >= 0.3 is 17.9 Å². The number of ether oxygens (including phenoxy) is 4. The van der Waals surface area contributed by atoms with E-state index in [4.69, 9.17) is 20.3 Å². The van der Waals surface area contributed by atoms with Crippen molar-refractivity contribution in [1.29, 1.82) is 0 Å². The van der Waals surface area contributed by atoms with Crippen LogP contribution in [0.25, 0.3) is 0 Å².